The molecule has 16 heavy (non-hydrogen) atoms. The molecule has 2 heterocycles. The quantitative estimate of drug-likeness (QED) is 0.665. The minimum absolute atomic E-state index is 0.242. The van der Waals surface area contributed by atoms with Crippen LogP contribution in [0.15, 0.2) is 36.5 Å². The fraction of sp³-hybridized carbons (Fsp3) is 0.0833. The van der Waals surface area contributed by atoms with Gasteiger partial charge in [-0.3, -0.25) is 4.68 Å². The van der Waals surface area contributed by atoms with E-state index in [1.54, 1.807) is 10.7 Å². The standard InChI is InChI=1S/C12H10FN3/c1-16-11-5-4-8(13)7-9(11)12(15-16)10-3-2-6-14-10/h2-7,14H,1H3. The molecule has 1 N–H and O–H groups in total. The van der Waals surface area contributed by atoms with E-state index in [2.05, 4.69) is 10.1 Å². The van der Waals surface area contributed by atoms with Gasteiger partial charge in [0.25, 0.3) is 0 Å². The second kappa shape index (κ2) is 3.20. The summed E-state index contributed by atoms with van der Waals surface area (Å²) in [7, 11) is 1.85. The van der Waals surface area contributed by atoms with Crippen molar-refractivity contribution in [3.05, 3.63) is 42.3 Å². The van der Waals surface area contributed by atoms with Gasteiger partial charge in [0.2, 0.25) is 0 Å². The number of hydrogen-bond donors (Lipinski definition) is 1. The van der Waals surface area contributed by atoms with E-state index in [0.29, 0.717) is 0 Å². The van der Waals surface area contributed by atoms with E-state index in [1.807, 2.05) is 25.4 Å². The van der Waals surface area contributed by atoms with E-state index in [9.17, 15) is 4.39 Å². The van der Waals surface area contributed by atoms with Gasteiger partial charge in [0.1, 0.15) is 11.5 Å². The van der Waals surface area contributed by atoms with Gasteiger partial charge < -0.3 is 4.98 Å². The number of aromatic nitrogens is 3. The molecule has 3 nitrogen and oxygen atoms in total. The minimum atomic E-state index is -0.242. The Labute approximate surface area is 91.5 Å². The maximum Gasteiger partial charge on any atom is 0.124 e. The van der Waals surface area contributed by atoms with Crippen molar-refractivity contribution >= 4 is 10.9 Å². The number of halogens is 1. The van der Waals surface area contributed by atoms with Crippen LogP contribution in [0.4, 0.5) is 4.39 Å². The number of aryl methyl sites for hydroxylation is 1. The van der Waals surface area contributed by atoms with Crippen LogP contribution in [0.5, 0.6) is 0 Å². The summed E-state index contributed by atoms with van der Waals surface area (Å²) < 4.78 is 15.0. The normalized spacial score (nSPS) is 11.1. The van der Waals surface area contributed by atoms with Crippen LogP contribution in [0.1, 0.15) is 0 Å². The fourth-order valence-corrected chi connectivity index (χ4v) is 1.91. The Bertz CT molecular complexity index is 638. The highest BCUT2D eigenvalue weighted by Crippen LogP contribution is 2.26. The third-order valence-electron chi connectivity index (χ3n) is 2.67. The van der Waals surface area contributed by atoms with Crippen molar-refractivity contribution in [3.63, 3.8) is 0 Å². The third kappa shape index (κ3) is 1.23. The third-order valence-corrected chi connectivity index (χ3v) is 2.67. The van der Waals surface area contributed by atoms with E-state index in [1.165, 1.54) is 12.1 Å². The largest absolute Gasteiger partial charge is 0.360 e. The zero-order valence-corrected chi connectivity index (χ0v) is 8.74. The fourth-order valence-electron chi connectivity index (χ4n) is 1.91. The molecule has 0 bridgehead atoms. The van der Waals surface area contributed by atoms with Crippen molar-refractivity contribution in [2.75, 3.05) is 0 Å². The van der Waals surface area contributed by atoms with Gasteiger partial charge in [0.15, 0.2) is 0 Å². The Morgan fingerprint density at radius 1 is 1.31 bits per heavy atom. The number of benzene rings is 1. The highest BCUT2D eigenvalue weighted by Gasteiger charge is 2.11. The van der Waals surface area contributed by atoms with Gasteiger partial charge in [0, 0.05) is 18.6 Å². The highest BCUT2D eigenvalue weighted by molar-refractivity contribution is 5.92. The first kappa shape index (κ1) is 9.15. The maximum absolute atomic E-state index is 13.2. The summed E-state index contributed by atoms with van der Waals surface area (Å²) >= 11 is 0. The summed E-state index contributed by atoms with van der Waals surface area (Å²) in [6.45, 7) is 0. The van der Waals surface area contributed by atoms with Gasteiger partial charge in [0.05, 0.1) is 11.2 Å². The van der Waals surface area contributed by atoms with Crippen molar-refractivity contribution in [1.29, 1.82) is 0 Å². The molecule has 0 spiro atoms. The average Bonchev–Trinajstić information content (AvgIpc) is 2.86. The number of rotatable bonds is 1. The maximum atomic E-state index is 13.2. The van der Waals surface area contributed by atoms with Gasteiger partial charge in [-0.2, -0.15) is 5.10 Å². The predicted molar refractivity (Wildman–Crippen MR) is 60.5 cm³/mol. The van der Waals surface area contributed by atoms with E-state index in [-0.39, 0.29) is 5.82 Å². The zero-order valence-electron chi connectivity index (χ0n) is 8.74. The Kier molecular flexibility index (Phi) is 1.83. The number of nitrogens with zero attached hydrogens (tertiary/aromatic N) is 2. The molecular weight excluding hydrogens is 205 g/mol. The van der Waals surface area contributed by atoms with Crippen LogP contribution in [-0.2, 0) is 7.05 Å². The van der Waals surface area contributed by atoms with Gasteiger partial charge in [-0.05, 0) is 30.3 Å². The second-order valence-corrected chi connectivity index (χ2v) is 3.72. The first-order chi connectivity index (χ1) is 7.75. The second-order valence-electron chi connectivity index (χ2n) is 3.72. The first-order valence-corrected chi connectivity index (χ1v) is 5.02. The van der Waals surface area contributed by atoms with Gasteiger partial charge >= 0.3 is 0 Å². The zero-order chi connectivity index (χ0) is 11.1. The van der Waals surface area contributed by atoms with Crippen molar-refractivity contribution in [2.24, 2.45) is 7.05 Å². The summed E-state index contributed by atoms with van der Waals surface area (Å²) in [4.78, 5) is 3.08. The molecule has 4 heteroatoms. The van der Waals surface area contributed by atoms with Crippen LogP contribution >= 0.6 is 0 Å². The van der Waals surface area contributed by atoms with Crippen LogP contribution in [0.3, 0.4) is 0 Å². The minimum Gasteiger partial charge on any atom is -0.360 e. The Morgan fingerprint density at radius 2 is 2.19 bits per heavy atom. The summed E-state index contributed by atoms with van der Waals surface area (Å²) in [5.74, 6) is -0.242. The number of H-pyrrole nitrogens is 1. The van der Waals surface area contributed by atoms with Crippen LogP contribution in [0, 0.1) is 5.82 Å². The number of hydrogen-bond acceptors (Lipinski definition) is 1. The number of fused-ring (bicyclic) bond motifs is 1. The molecule has 0 atom stereocenters. The lowest BCUT2D eigenvalue weighted by molar-refractivity contribution is 0.629. The van der Waals surface area contributed by atoms with Crippen molar-refractivity contribution < 1.29 is 4.39 Å². The summed E-state index contributed by atoms with van der Waals surface area (Å²) in [5, 5.41) is 5.22. The van der Waals surface area contributed by atoms with Crippen molar-refractivity contribution in [1.82, 2.24) is 14.8 Å². The van der Waals surface area contributed by atoms with Gasteiger partial charge in [-0.1, -0.05) is 0 Å². The van der Waals surface area contributed by atoms with E-state index in [4.69, 9.17) is 0 Å². The van der Waals surface area contributed by atoms with Gasteiger partial charge in [-0.15, -0.1) is 0 Å². The van der Waals surface area contributed by atoms with Crippen molar-refractivity contribution in [2.45, 2.75) is 0 Å². The summed E-state index contributed by atoms with van der Waals surface area (Å²) in [6.07, 6.45) is 1.83. The molecule has 3 rings (SSSR count). The van der Waals surface area contributed by atoms with Gasteiger partial charge in [-0.25, -0.2) is 4.39 Å². The predicted octanol–water partition coefficient (Wildman–Crippen LogP) is 2.71. The van der Waals surface area contributed by atoms with E-state index < -0.39 is 0 Å². The molecule has 80 valence electrons. The molecule has 0 aliphatic carbocycles. The van der Waals surface area contributed by atoms with E-state index >= 15 is 0 Å². The lowest BCUT2D eigenvalue weighted by atomic mass is 10.1. The molecule has 1 aromatic carbocycles. The van der Waals surface area contributed by atoms with Crippen LogP contribution in [0.25, 0.3) is 22.3 Å². The molecule has 0 aliphatic rings. The Hall–Kier alpha value is -2.10. The molecule has 0 fully saturated rings. The monoisotopic (exact) mass is 215 g/mol. The molecule has 0 unspecified atom stereocenters. The van der Waals surface area contributed by atoms with Crippen LogP contribution in [-0.4, -0.2) is 14.8 Å². The summed E-state index contributed by atoms with van der Waals surface area (Å²) in [5.41, 5.74) is 2.60. The van der Waals surface area contributed by atoms with Crippen LogP contribution < -0.4 is 0 Å². The van der Waals surface area contributed by atoms with Crippen molar-refractivity contribution in [3.8, 4) is 11.4 Å². The lowest BCUT2D eigenvalue weighted by Crippen LogP contribution is -1.89. The Balaban J connectivity index is 2.37. The molecule has 0 radical (unpaired) electrons. The first-order valence-electron chi connectivity index (χ1n) is 5.02. The lowest BCUT2D eigenvalue weighted by Gasteiger charge is -1.93. The van der Waals surface area contributed by atoms with Crippen LogP contribution in [0.2, 0.25) is 0 Å². The molecule has 2 aromatic heterocycles. The molecule has 3 aromatic rings. The smallest absolute Gasteiger partial charge is 0.124 e. The summed E-state index contributed by atoms with van der Waals surface area (Å²) in [6, 6.07) is 8.52. The number of aromatic amines is 1. The van der Waals surface area contributed by atoms with E-state index in [0.717, 1.165) is 22.3 Å². The SMILES string of the molecule is Cn1nc(-c2ccc[nH]2)c2cc(F)ccc21. The Morgan fingerprint density at radius 3 is 2.94 bits per heavy atom. The molecular formula is C12H10FN3. The topological polar surface area (TPSA) is 33.6 Å². The average molecular weight is 215 g/mol. The molecule has 0 saturated carbocycles. The molecule has 0 saturated heterocycles. The highest BCUT2D eigenvalue weighted by atomic mass is 19.1. The molecule has 0 aliphatic heterocycles. The number of nitrogens with one attached hydrogen (secondary N) is 1. The molecule has 0 amide bonds.